The summed E-state index contributed by atoms with van der Waals surface area (Å²) in [6.45, 7) is 7.46. The minimum Gasteiger partial charge on any atom is -0.353 e. The van der Waals surface area contributed by atoms with E-state index in [1.807, 2.05) is 25.7 Å². The second kappa shape index (κ2) is 3.91. The Balaban J connectivity index is 2.17. The molecule has 1 aromatic heterocycles. The zero-order chi connectivity index (χ0) is 11.9. The summed E-state index contributed by atoms with van der Waals surface area (Å²) in [5, 5.41) is 0. The third-order valence-corrected chi connectivity index (χ3v) is 3.31. The molecule has 3 nitrogen and oxygen atoms in total. The second-order valence-electron chi connectivity index (χ2n) is 5.35. The van der Waals surface area contributed by atoms with Gasteiger partial charge >= 0.3 is 0 Å². The summed E-state index contributed by atoms with van der Waals surface area (Å²) in [4.78, 5) is 17.4. The maximum Gasteiger partial charge on any atom is 0.228 e. The van der Waals surface area contributed by atoms with E-state index >= 15 is 0 Å². The lowest BCUT2D eigenvalue weighted by atomic mass is 9.93. The van der Waals surface area contributed by atoms with Gasteiger partial charge in [0.05, 0.1) is 4.60 Å². The Labute approximate surface area is 104 Å². The second-order valence-corrected chi connectivity index (χ2v) is 6.20. The normalized spacial score (nSPS) is 16.1. The van der Waals surface area contributed by atoms with Gasteiger partial charge in [-0.05, 0) is 27.6 Å². The summed E-state index contributed by atoms with van der Waals surface area (Å²) in [6, 6.07) is 2.07. The maximum atomic E-state index is 12.1. The average molecular weight is 285 g/mol. The fourth-order valence-electron chi connectivity index (χ4n) is 2.04. The van der Waals surface area contributed by atoms with E-state index in [0.717, 1.165) is 24.1 Å². The van der Waals surface area contributed by atoms with Gasteiger partial charge in [0.1, 0.15) is 0 Å². The van der Waals surface area contributed by atoms with Crippen LogP contribution in [0.1, 0.15) is 32.0 Å². The van der Waals surface area contributed by atoms with Gasteiger partial charge in [0, 0.05) is 30.6 Å². The van der Waals surface area contributed by atoms with Gasteiger partial charge < -0.3 is 9.88 Å². The third kappa shape index (κ3) is 2.17. The first kappa shape index (κ1) is 11.7. The lowest BCUT2D eigenvalue weighted by molar-refractivity contribution is -0.140. The molecule has 1 aromatic rings. The molecular formula is C12H17BrN2O. The number of aromatic amines is 1. The lowest BCUT2D eigenvalue weighted by Gasteiger charge is -2.32. The molecule has 2 rings (SSSR count). The highest BCUT2D eigenvalue weighted by molar-refractivity contribution is 9.10. The van der Waals surface area contributed by atoms with Gasteiger partial charge in [-0.2, -0.15) is 0 Å². The highest BCUT2D eigenvalue weighted by Crippen LogP contribution is 2.26. The summed E-state index contributed by atoms with van der Waals surface area (Å²) in [7, 11) is 0. The Morgan fingerprint density at radius 3 is 2.81 bits per heavy atom. The van der Waals surface area contributed by atoms with Gasteiger partial charge in [-0.15, -0.1) is 0 Å². The number of nitrogens with one attached hydrogen (secondary N) is 1. The quantitative estimate of drug-likeness (QED) is 0.781. The van der Waals surface area contributed by atoms with Gasteiger partial charge in [-0.3, -0.25) is 4.79 Å². The summed E-state index contributed by atoms with van der Waals surface area (Å²) >= 11 is 3.43. The molecule has 0 spiro atoms. The smallest absolute Gasteiger partial charge is 0.228 e. The number of aromatic nitrogens is 1. The van der Waals surface area contributed by atoms with Crippen LogP contribution in [0.3, 0.4) is 0 Å². The number of H-pyrrole nitrogens is 1. The molecule has 1 aliphatic rings. The van der Waals surface area contributed by atoms with E-state index in [1.54, 1.807) is 0 Å². The molecule has 0 bridgehead atoms. The number of amides is 1. The van der Waals surface area contributed by atoms with Gasteiger partial charge in [0.2, 0.25) is 5.91 Å². The number of hydrogen-bond donors (Lipinski definition) is 1. The molecule has 0 aliphatic carbocycles. The van der Waals surface area contributed by atoms with Crippen LogP contribution in [0, 0.1) is 5.41 Å². The van der Waals surface area contributed by atoms with Gasteiger partial charge in [0.15, 0.2) is 0 Å². The fourth-order valence-corrected chi connectivity index (χ4v) is 2.56. The number of carbonyl (C=O) groups is 1. The van der Waals surface area contributed by atoms with E-state index in [9.17, 15) is 4.79 Å². The Bertz CT molecular complexity index is 417. The van der Waals surface area contributed by atoms with Crippen LogP contribution in [0.25, 0.3) is 0 Å². The predicted octanol–water partition coefficient (Wildman–Crippen LogP) is 2.71. The molecule has 2 heterocycles. The highest BCUT2D eigenvalue weighted by atomic mass is 79.9. The van der Waals surface area contributed by atoms with E-state index < -0.39 is 0 Å². The summed E-state index contributed by atoms with van der Waals surface area (Å²) in [6.07, 6.45) is 0.919. The van der Waals surface area contributed by atoms with Crippen LogP contribution in [0.5, 0.6) is 0 Å². The maximum absolute atomic E-state index is 12.1. The van der Waals surface area contributed by atoms with Crippen molar-refractivity contribution in [2.45, 2.75) is 33.7 Å². The van der Waals surface area contributed by atoms with Crippen molar-refractivity contribution in [1.82, 2.24) is 9.88 Å². The molecule has 1 amide bonds. The van der Waals surface area contributed by atoms with Crippen molar-refractivity contribution in [1.29, 1.82) is 0 Å². The zero-order valence-corrected chi connectivity index (χ0v) is 11.5. The van der Waals surface area contributed by atoms with Crippen molar-refractivity contribution in [2.75, 3.05) is 6.54 Å². The molecule has 16 heavy (non-hydrogen) atoms. The average Bonchev–Trinajstić information content (AvgIpc) is 2.54. The molecule has 0 fully saturated rings. The van der Waals surface area contributed by atoms with Crippen molar-refractivity contribution < 1.29 is 4.79 Å². The van der Waals surface area contributed by atoms with Crippen LogP contribution < -0.4 is 0 Å². The number of nitrogens with zero attached hydrogens (tertiary/aromatic N) is 1. The minimum absolute atomic E-state index is 0.232. The van der Waals surface area contributed by atoms with Crippen LogP contribution in [0.2, 0.25) is 0 Å². The molecule has 0 radical (unpaired) electrons. The molecule has 88 valence electrons. The van der Waals surface area contributed by atoms with Crippen LogP contribution in [0.15, 0.2) is 10.7 Å². The Hall–Kier alpha value is -0.770. The molecule has 0 aromatic carbocycles. The molecule has 1 aliphatic heterocycles. The van der Waals surface area contributed by atoms with Crippen molar-refractivity contribution in [3.05, 3.63) is 21.9 Å². The third-order valence-electron chi connectivity index (χ3n) is 2.88. The fraction of sp³-hybridized carbons (Fsp3) is 0.583. The van der Waals surface area contributed by atoms with Gasteiger partial charge in [0.25, 0.3) is 0 Å². The SMILES string of the molecule is CC(C)(C)C(=O)N1CCc2[nH]c(Br)cc2C1. The number of hydrogen-bond acceptors (Lipinski definition) is 1. The number of halogens is 1. The minimum atomic E-state index is -0.287. The molecule has 0 atom stereocenters. The number of fused-ring (bicyclic) bond motifs is 1. The van der Waals surface area contributed by atoms with Crippen LogP contribution in [0.4, 0.5) is 0 Å². The Morgan fingerprint density at radius 2 is 2.19 bits per heavy atom. The van der Waals surface area contributed by atoms with E-state index in [0.29, 0.717) is 0 Å². The zero-order valence-electron chi connectivity index (χ0n) is 9.93. The molecule has 0 saturated heterocycles. The predicted molar refractivity (Wildman–Crippen MR) is 67.1 cm³/mol. The summed E-state index contributed by atoms with van der Waals surface area (Å²) in [5.41, 5.74) is 2.20. The van der Waals surface area contributed by atoms with E-state index in [4.69, 9.17) is 0 Å². The first-order valence-electron chi connectivity index (χ1n) is 5.53. The van der Waals surface area contributed by atoms with E-state index in [-0.39, 0.29) is 11.3 Å². The Morgan fingerprint density at radius 1 is 1.50 bits per heavy atom. The number of rotatable bonds is 0. The summed E-state index contributed by atoms with van der Waals surface area (Å²) in [5.74, 6) is 0.232. The van der Waals surface area contributed by atoms with Gasteiger partial charge in [-0.1, -0.05) is 20.8 Å². The van der Waals surface area contributed by atoms with Crippen molar-refractivity contribution in [3.8, 4) is 0 Å². The largest absolute Gasteiger partial charge is 0.353 e. The monoisotopic (exact) mass is 284 g/mol. The van der Waals surface area contributed by atoms with Crippen LogP contribution in [-0.2, 0) is 17.8 Å². The Kier molecular flexibility index (Phi) is 2.86. The topological polar surface area (TPSA) is 36.1 Å². The van der Waals surface area contributed by atoms with E-state index in [2.05, 4.69) is 27.0 Å². The number of carbonyl (C=O) groups excluding carboxylic acids is 1. The molecule has 1 N–H and O–H groups in total. The van der Waals surface area contributed by atoms with Crippen molar-refractivity contribution in [3.63, 3.8) is 0 Å². The molecular weight excluding hydrogens is 268 g/mol. The molecule has 0 unspecified atom stereocenters. The first-order chi connectivity index (χ1) is 7.38. The molecule has 4 heteroatoms. The van der Waals surface area contributed by atoms with E-state index in [1.165, 1.54) is 11.3 Å². The van der Waals surface area contributed by atoms with Crippen molar-refractivity contribution in [2.24, 2.45) is 5.41 Å². The molecule has 0 saturated carbocycles. The van der Waals surface area contributed by atoms with Crippen molar-refractivity contribution >= 4 is 21.8 Å². The first-order valence-corrected chi connectivity index (χ1v) is 6.33. The standard InChI is InChI=1S/C12H17BrN2O/c1-12(2,3)11(16)15-5-4-9-8(7-15)6-10(13)14-9/h6,14H,4-5,7H2,1-3H3. The van der Waals surface area contributed by atoms with Crippen LogP contribution >= 0.6 is 15.9 Å². The van der Waals surface area contributed by atoms with Gasteiger partial charge in [-0.25, -0.2) is 0 Å². The highest BCUT2D eigenvalue weighted by Gasteiger charge is 2.30. The summed E-state index contributed by atoms with van der Waals surface area (Å²) < 4.78 is 1.00. The van der Waals surface area contributed by atoms with Crippen LogP contribution in [-0.4, -0.2) is 22.3 Å². The lowest BCUT2D eigenvalue weighted by Crippen LogP contribution is -2.42.